The quantitative estimate of drug-likeness (QED) is 0.554. The zero-order valence-electron chi connectivity index (χ0n) is 5.47. The van der Waals surface area contributed by atoms with Crippen LogP contribution in [-0.4, -0.2) is 21.7 Å². The first-order valence-electron chi connectivity index (χ1n) is 3.63. The van der Waals surface area contributed by atoms with E-state index in [1.807, 2.05) is 0 Å². The van der Waals surface area contributed by atoms with E-state index >= 15 is 0 Å². The fourth-order valence-electron chi connectivity index (χ4n) is 1.49. The lowest BCUT2D eigenvalue weighted by Crippen LogP contribution is -2.22. The third-order valence-corrected chi connectivity index (χ3v) is 3.90. The Labute approximate surface area is 59.8 Å². The molecule has 2 heteroatoms. The topological polar surface area (TPSA) is 20.2 Å². The largest absolute Gasteiger partial charge is 0.393 e. The maximum atomic E-state index is 9.27. The van der Waals surface area contributed by atoms with E-state index in [9.17, 15) is 5.11 Å². The van der Waals surface area contributed by atoms with E-state index in [2.05, 4.69) is 11.8 Å². The van der Waals surface area contributed by atoms with Crippen LogP contribution in [0, 0.1) is 0 Å². The van der Waals surface area contributed by atoms with E-state index in [4.69, 9.17) is 0 Å². The van der Waals surface area contributed by atoms with Crippen LogP contribution in [0.4, 0.5) is 0 Å². The molecule has 52 valence electrons. The van der Waals surface area contributed by atoms with Gasteiger partial charge in [-0.25, -0.2) is 0 Å². The van der Waals surface area contributed by atoms with Gasteiger partial charge in [0, 0.05) is 4.75 Å². The molecule has 1 spiro atoms. The van der Waals surface area contributed by atoms with Crippen LogP contribution in [-0.2, 0) is 0 Å². The van der Waals surface area contributed by atoms with E-state index < -0.39 is 0 Å². The SMILES string of the molecule is OC1CCSC2(CC2)C1. The van der Waals surface area contributed by atoms with Crippen LogP contribution >= 0.6 is 11.8 Å². The molecule has 0 aromatic heterocycles. The maximum absolute atomic E-state index is 9.27. The van der Waals surface area contributed by atoms with Gasteiger partial charge in [0.15, 0.2) is 0 Å². The molecule has 1 N–H and O–H groups in total. The first-order chi connectivity index (χ1) is 4.31. The van der Waals surface area contributed by atoms with Gasteiger partial charge in [-0.3, -0.25) is 0 Å². The molecule has 1 saturated carbocycles. The van der Waals surface area contributed by atoms with Crippen molar-refractivity contribution in [2.24, 2.45) is 0 Å². The first-order valence-corrected chi connectivity index (χ1v) is 4.61. The number of rotatable bonds is 0. The van der Waals surface area contributed by atoms with Crippen LogP contribution in [0.3, 0.4) is 0 Å². The normalized spacial score (nSPS) is 39.0. The summed E-state index contributed by atoms with van der Waals surface area (Å²) in [4.78, 5) is 0. The summed E-state index contributed by atoms with van der Waals surface area (Å²) >= 11 is 2.08. The summed E-state index contributed by atoms with van der Waals surface area (Å²) in [7, 11) is 0. The Bertz CT molecular complexity index is 120. The summed E-state index contributed by atoms with van der Waals surface area (Å²) < 4.78 is 0.567. The highest BCUT2D eigenvalue weighted by atomic mass is 32.2. The van der Waals surface area contributed by atoms with Crippen molar-refractivity contribution in [3.63, 3.8) is 0 Å². The molecule has 2 fully saturated rings. The summed E-state index contributed by atoms with van der Waals surface area (Å²) in [6.45, 7) is 0. The smallest absolute Gasteiger partial charge is 0.0561 e. The van der Waals surface area contributed by atoms with Crippen molar-refractivity contribution < 1.29 is 5.11 Å². The van der Waals surface area contributed by atoms with Gasteiger partial charge < -0.3 is 5.11 Å². The molecule has 1 aliphatic heterocycles. The zero-order chi connectivity index (χ0) is 6.32. The Hall–Kier alpha value is 0.310. The summed E-state index contributed by atoms with van der Waals surface area (Å²) in [5.74, 6) is 1.18. The van der Waals surface area contributed by atoms with Gasteiger partial charge in [-0.1, -0.05) is 0 Å². The number of thioether (sulfide) groups is 1. The highest BCUT2D eigenvalue weighted by Gasteiger charge is 2.46. The third kappa shape index (κ3) is 1.10. The van der Waals surface area contributed by atoms with E-state index in [1.165, 1.54) is 18.6 Å². The van der Waals surface area contributed by atoms with Gasteiger partial charge in [0.25, 0.3) is 0 Å². The fourth-order valence-corrected chi connectivity index (χ4v) is 3.01. The molecule has 1 nitrogen and oxygen atoms in total. The second kappa shape index (κ2) is 1.89. The Morgan fingerprint density at radius 1 is 1.44 bits per heavy atom. The van der Waals surface area contributed by atoms with Gasteiger partial charge in [0.1, 0.15) is 0 Å². The zero-order valence-corrected chi connectivity index (χ0v) is 6.28. The van der Waals surface area contributed by atoms with E-state index in [-0.39, 0.29) is 6.10 Å². The standard InChI is InChI=1S/C7H12OS/c8-6-1-4-9-7(5-6)2-3-7/h6,8H,1-5H2. The fraction of sp³-hybridized carbons (Fsp3) is 1.00. The lowest BCUT2D eigenvalue weighted by molar-refractivity contribution is 0.154. The number of hydrogen-bond donors (Lipinski definition) is 1. The van der Waals surface area contributed by atoms with Gasteiger partial charge in [-0.2, -0.15) is 11.8 Å². The molecule has 2 rings (SSSR count). The number of aliphatic hydroxyl groups is 1. The second-order valence-electron chi connectivity index (χ2n) is 3.18. The van der Waals surface area contributed by atoms with Crippen LogP contribution in [0.1, 0.15) is 25.7 Å². The molecule has 2 aliphatic rings. The molecule has 1 heterocycles. The van der Waals surface area contributed by atoms with Crippen LogP contribution in [0.2, 0.25) is 0 Å². The van der Waals surface area contributed by atoms with Gasteiger partial charge >= 0.3 is 0 Å². The Balaban J connectivity index is 1.96. The van der Waals surface area contributed by atoms with Gasteiger partial charge in [-0.05, 0) is 31.4 Å². The van der Waals surface area contributed by atoms with Crippen LogP contribution in [0.15, 0.2) is 0 Å². The third-order valence-electron chi connectivity index (χ3n) is 2.27. The minimum atomic E-state index is 0.0220. The molecule has 0 bridgehead atoms. The van der Waals surface area contributed by atoms with Crippen LogP contribution in [0.5, 0.6) is 0 Å². The number of aliphatic hydroxyl groups excluding tert-OH is 1. The predicted octanol–water partition coefficient (Wildman–Crippen LogP) is 1.41. The Kier molecular flexibility index (Phi) is 1.27. The van der Waals surface area contributed by atoms with Crippen molar-refractivity contribution in [2.45, 2.75) is 36.5 Å². The summed E-state index contributed by atoms with van der Waals surface area (Å²) in [6.07, 6.45) is 4.82. The van der Waals surface area contributed by atoms with Crippen LogP contribution in [0.25, 0.3) is 0 Å². The molecule has 1 unspecified atom stereocenters. The average molecular weight is 144 g/mol. The predicted molar refractivity (Wildman–Crippen MR) is 39.7 cm³/mol. The summed E-state index contributed by atoms with van der Waals surface area (Å²) in [6, 6.07) is 0. The van der Waals surface area contributed by atoms with Crippen LogP contribution < -0.4 is 0 Å². The monoisotopic (exact) mass is 144 g/mol. The molecule has 1 aliphatic carbocycles. The summed E-state index contributed by atoms with van der Waals surface area (Å²) in [5.41, 5.74) is 0. The van der Waals surface area contributed by atoms with Crippen molar-refractivity contribution in [3.8, 4) is 0 Å². The average Bonchev–Trinajstić information content (AvgIpc) is 2.49. The van der Waals surface area contributed by atoms with Crippen molar-refractivity contribution >= 4 is 11.8 Å². The molecular formula is C7H12OS. The molecule has 0 aromatic carbocycles. The van der Waals surface area contributed by atoms with Gasteiger partial charge in [-0.15, -0.1) is 0 Å². The molecular weight excluding hydrogens is 132 g/mol. The first kappa shape index (κ1) is 6.05. The Morgan fingerprint density at radius 3 is 2.67 bits per heavy atom. The Morgan fingerprint density at radius 2 is 2.22 bits per heavy atom. The van der Waals surface area contributed by atoms with E-state index in [0.717, 1.165) is 12.8 Å². The van der Waals surface area contributed by atoms with Crippen molar-refractivity contribution in [3.05, 3.63) is 0 Å². The van der Waals surface area contributed by atoms with Gasteiger partial charge in [0.2, 0.25) is 0 Å². The minimum Gasteiger partial charge on any atom is -0.393 e. The number of hydrogen-bond acceptors (Lipinski definition) is 2. The maximum Gasteiger partial charge on any atom is 0.0561 e. The highest BCUT2D eigenvalue weighted by Crippen LogP contribution is 2.54. The summed E-state index contributed by atoms with van der Waals surface area (Å²) in [5, 5.41) is 9.27. The van der Waals surface area contributed by atoms with Gasteiger partial charge in [0.05, 0.1) is 6.10 Å². The van der Waals surface area contributed by atoms with Crippen molar-refractivity contribution in [1.82, 2.24) is 0 Å². The second-order valence-corrected chi connectivity index (χ2v) is 4.74. The molecule has 1 atom stereocenters. The minimum absolute atomic E-state index is 0.0220. The molecule has 1 saturated heterocycles. The highest BCUT2D eigenvalue weighted by molar-refractivity contribution is 8.01. The molecule has 0 amide bonds. The lowest BCUT2D eigenvalue weighted by Gasteiger charge is -2.24. The van der Waals surface area contributed by atoms with E-state index in [0.29, 0.717) is 4.75 Å². The van der Waals surface area contributed by atoms with E-state index in [1.54, 1.807) is 0 Å². The molecule has 0 radical (unpaired) electrons. The lowest BCUT2D eigenvalue weighted by atomic mass is 10.1. The molecule has 0 aromatic rings. The van der Waals surface area contributed by atoms with Crippen molar-refractivity contribution in [1.29, 1.82) is 0 Å². The van der Waals surface area contributed by atoms with Crippen molar-refractivity contribution in [2.75, 3.05) is 5.75 Å². The molecule has 9 heavy (non-hydrogen) atoms.